The molecule has 0 atom stereocenters. The van der Waals surface area contributed by atoms with E-state index in [0.29, 0.717) is 11.5 Å². The number of carbonyl (C=O) groups excluding carboxylic acids is 1. The summed E-state index contributed by atoms with van der Waals surface area (Å²) >= 11 is 0. The fourth-order valence-corrected chi connectivity index (χ4v) is 1.57. The summed E-state index contributed by atoms with van der Waals surface area (Å²) in [6, 6.07) is 7.02. The molecule has 0 heterocycles. The van der Waals surface area contributed by atoms with Gasteiger partial charge < -0.3 is 24.6 Å². The molecule has 0 aromatic heterocycles. The van der Waals surface area contributed by atoms with Crippen LogP contribution >= 0.6 is 0 Å². The number of hydrogen-bond acceptors (Lipinski definition) is 5. The molecule has 0 unspecified atom stereocenters. The SMILES string of the molecule is COc1ccccc1OCC(=O)N(CCO)CCO. The fraction of sp³-hybridized carbons (Fsp3) is 0.462. The quantitative estimate of drug-likeness (QED) is 0.688. The summed E-state index contributed by atoms with van der Waals surface area (Å²) < 4.78 is 10.5. The summed E-state index contributed by atoms with van der Waals surface area (Å²) in [5.41, 5.74) is 0. The van der Waals surface area contributed by atoms with Crippen LogP contribution in [0.4, 0.5) is 0 Å². The van der Waals surface area contributed by atoms with Gasteiger partial charge in [0, 0.05) is 13.1 Å². The highest BCUT2D eigenvalue weighted by Crippen LogP contribution is 2.25. The topological polar surface area (TPSA) is 79.2 Å². The van der Waals surface area contributed by atoms with E-state index in [1.807, 2.05) is 0 Å². The minimum absolute atomic E-state index is 0.152. The second-order valence-electron chi connectivity index (χ2n) is 3.77. The zero-order valence-electron chi connectivity index (χ0n) is 10.9. The fourth-order valence-electron chi connectivity index (χ4n) is 1.57. The van der Waals surface area contributed by atoms with E-state index in [0.717, 1.165) is 0 Å². The Kier molecular flexibility index (Phi) is 6.70. The van der Waals surface area contributed by atoms with Gasteiger partial charge in [0.15, 0.2) is 18.1 Å². The van der Waals surface area contributed by atoms with Gasteiger partial charge in [-0.15, -0.1) is 0 Å². The highest BCUT2D eigenvalue weighted by atomic mass is 16.5. The number of rotatable bonds is 8. The Morgan fingerprint density at radius 2 is 1.74 bits per heavy atom. The molecule has 19 heavy (non-hydrogen) atoms. The minimum Gasteiger partial charge on any atom is -0.493 e. The van der Waals surface area contributed by atoms with E-state index in [4.69, 9.17) is 19.7 Å². The lowest BCUT2D eigenvalue weighted by molar-refractivity contribution is -0.134. The summed E-state index contributed by atoms with van der Waals surface area (Å²) in [5.74, 6) is 0.728. The van der Waals surface area contributed by atoms with Crippen LogP contribution in [0.15, 0.2) is 24.3 Å². The standard InChI is InChI=1S/C13H19NO5/c1-18-11-4-2-3-5-12(11)19-10-13(17)14(6-8-15)7-9-16/h2-5,15-16H,6-10H2,1H3. The lowest BCUT2D eigenvalue weighted by atomic mass is 10.3. The average Bonchev–Trinajstić information content (AvgIpc) is 2.44. The molecule has 6 heteroatoms. The summed E-state index contributed by atoms with van der Waals surface area (Å²) in [7, 11) is 1.52. The van der Waals surface area contributed by atoms with Gasteiger partial charge in [0.05, 0.1) is 20.3 Å². The summed E-state index contributed by atoms with van der Waals surface area (Å²) in [6.45, 7) is -0.121. The van der Waals surface area contributed by atoms with Gasteiger partial charge in [-0.2, -0.15) is 0 Å². The Morgan fingerprint density at radius 1 is 1.16 bits per heavy atom. The van der Waals surface area contributed by atoms with E-state index in [1.54, 1.807) is 24.3 Å². The van der Waals surface area contributed by atoms with Crippen molar-refractivity contribution in [2.75, 3.05) is 40.0 Å². The number of benzene rings is 1. The van der Waals surface area contributed by atoms with Crippen LogP contribution in [0.5, 0.6) is 11.5 Å². The molecular weight excluding hydrogens is 250 g/mol. The van der Waals surface area contributed by atoms with Gasteiger partial charge in [-0.05, 0) is 12.1 Å². The Balaban J connectivity index is 2.56. The van der Waals surface area contributed by atoms with E-state index in [2.05, 4.69) is 0 Å². The number of carbonyl (C=O) groups is 1. The van der Waals surface area contributed by atoms with E-state index in [1.165, 1.54) is 12.0 Å². The summed E-state index contributed by atoms with van der Waals surface area (Å²) in [6.07, 6.45) is 0. The zero-order chi connectivity index (χ0) is 14.1. The predicted octanol–water partition coefficient (Wildman–Crippen LogP) is -0.113. The maximum atomic E-state index is 11.8. The van der Waals surface area contributed by atoms with E-state index < -0.39 is 0 Å². The van der Waals surface area contributed by atoms with Gasteiger partial charge in [0.1, 0.15) is 0 Å². The van der Waals surface area contributed by atoms with Gasteiger partial charge in [0.2, 0.25) is 0 Å². The molecule has 0 saturated carbocycles. The number of nitrogens with zero attached hydrogens (tertiary/aromatic N) is 1. The summed E-state index contributed by atoms with van der Waals surface area (Å²) in [5, 5.41) is 17.7. The molecule has 106 valence electrons. The van der Waals surface area contributed by atoms with Crippen molar-refractivity contribution in [3.63, 3.8) is 0 Å². The molecule has 6 nitrogen and oxygen atoms in total. The maximum Gasteiger partial charge on any atom is 0.260 e. The Labute approximate surface area is 112 Å². The van der Waals surface area contributed by atoms with Gasteiger partial charge in [-0.3, -0.25) is 4.79 Å². The molecule has 0 fully saturated rings. The largest absolute Gasteiger partial charge is 0.493 e. The molecule has 1 rings (SSSR count). The molecule has 2 N–H and O–H groups in total. The molecule has 0 bridgehead atoms. The summed E-state index contributed by atoms with van der Waals surface area (Å²) in [4.78, 5) is 13.2. The number of aliphatic hydroxyl groups excluding tert-OH is 2. The van der Waals surface area contributed by atoms with E-state index in [-0.39, 0.29) is 38.8 Å². The number of amides is 1. The van der Waals surface area contributed by atoms with Crippen LogP contribution in [0.1, 0.15) is 0 Å². The van der Waals surface area contributed by atoms with Gasteiger partial charge in [-0.1, -0.05) is 12.1 Å². The molecule has 0 spiro atoms. The first-order chi connectivity index (χ1) is 9.22. The third kappa shape index (κ3) is 4.76. The first kappa shape index (κ1) is 15.3. The number of para-hydroxylation sites is 2. The third-order valence-electron chi connectivity index (χ3n) is 2.51. The van der Waals surface area contributed by atoms with Crippen LogP contribution in [-0.2, 0) is 4.79 Å². The van der Waals surface area contributed by atoms with Crippen LogP contribution in [0.25, 0.3) is 0 Å². The highest BCUT2D eigenvalue weighted by molar-refractivity contribution is 5.77. The minimum atomic E-state index is -0.297. The molecule has 0 saturated heterocycles. The normalized spacial score (nSPS) is 10.1. The molecule has 0 radical (unpaired) electrons. The maximum absolute atomic E-state index is 11.8. The predicted molar refractivity (Wildman–Crippen MR) is 69.2 cm³/mol. The van der Waals surface area contributed by atoms with Crippen LogP contribution in [0.3, 0.4) is 0 Å². The van der Waals surface area contributed by atoms with Crippen molar-refractivity contribution in [1.29, 1.82) is 0 Å². The average molecular weight is 269 g/mol. The second-order valence-corrected chi connectivity index (χ2v) is 3.77. The van der Waals surface area contributed by atoms with Crippen molar-refractivity contribution in [2.24, 2.45) is 0 Å². The molecule has 1 aromatic carbocycles. The van der Waals surface area contributed by atoms with Crippen LogP contribution in [-0.4, -0.2) is 61.0 Å². The Hall–Kier alpha value is -1.79. The highest BCUT2D eigenvalue weighted by Gasteiger charge is 2.14. The van der Waals surface area contributed by atoms with Crippen molar-refractivity contribution < 1.29 is 24.5 Å². The van der Waals surface area contributed by atoms with Crippen LogP contribution in [0.2, 0.25) is 0 Å². The van der Waals surface area contributed by atoms with Crippen LogP contribution in [0, 0.1) is 0 Å². The van der Waals surface area contributed by atoms with Crippen molar-refractivity contribution in [3.05, 3.63) is 24.3 Å². The van der Waals surface area contributed by atoms with Gasteiger partial charge >= 0.3 is 0 Å². The zero-order valence-corrected chi connectivity index (χ0v) is 10.9. The lowest BCUT2D eigenvalue weighted by Gasteiger charge is -2.21. The van der Waals surface area contributed by atoms with Crippen molar-refractivity contribution in [1.82, 2.24) is 4.90 Å². The van der Waals surface area contributed by atoms with Crippen molar-refractivity contribution >= 4 is 5.91 Å². The first-order valence-electron chi connectivity index (χ1n) is 5.98. The molecule has 1 aromatic rings. The third-order valence-corrected chi connectivity index (χ3v) is 2.51. The lowest BCUT2D eigenvalue weighted by Crippen LogP contribution is -2.38. The number of hydrogen-bond donors (Lipinski definition) is 2. The van der Waals surface area contributed by atoms with Crippen molar-refractivity contribution in [2.45, 2.75) is 0 Å². The molecule has 0 aliphatic rings. The molecule has 1 amide bonds. The van der Waals surface area contributed by atoms with Crippen LogP contribution < -0.4 is 9.47 Å². The smallest absolute Gasteiger partial charge is 0.260 e. The number of ether oxygens (including phenoxy) is 2. The Bertz CT molecular complexity index is 390. The van der Waals surface area contributed by atoms with Crippen molar-refractivity contribution in [3.8, 4) is 11.5 Å². The molecule has 0 aliphatic heterocycles. The molecule has 0 aliphatic carbocycles. The first-order valence-corrected chi connectivity index (χ1v) is 5.98. The van der Waals surface area contributed by atoms with E-state index >= 15 is 0 Å². The second kappa shape index (κ2) is 8.34. The Morgan fingerprint density at radius 3 is 2.26 bits per heavy atom. The van der Waals surface area contributed by atoms with Gasteiger partial charge in [-0.25, -0.2) is 0 Å². The van der Waals surface area contributed by atoms with E-state index in [9.17, 15) is 4.79 Å². The van der Waals surface area contributed by atoms with Gasteiger partial charge in [0.25, 0.3) is 5.91 Å². The molecular formula is C13H19NO5. The monoisotopic (exact) mass is 269 g/mol. The number of methoxy groups -OCH3 is 1. The number of aliphatic hydroxyl groups is 2.